The molecule has 6 nitrogen and oxygen atoms in total. The Morgan fingerprint density at radius 2 is 1.84 bits per heavy atom. The normalized spacial score (nSPS) is 19.2. The molecule has 2 aliphatic rings. The molecule has 2 aromatic rings. The molecule has 1 N–H and O–H groups in total. The van der Waals surface area contributed by atoms with E-state index in [1.807, 2.05) is 36.4 Å². The molecule has 1 heterocycles. The number of amides is 2. The summed E-state index contributed by atoms with van der Waals surface area (Å²) in [6.07, 6.45) is 3.26. The zero-order chi connectivity index (χ0) is 21.8. The molecule has 1 aliphatic heterocycles. The predicted octanol–water partition coefficient (Wildman–Crippen LogP) is 3.36. The molecule has 0 aromatic heterocycles. The molecule has 6 heteroatoms. The van der Waals surface area contributed by atoms with Crippen LogP contribution < -0.4 is 14.8 Å². The maximum atomic E-state index is 13.0. The number of hydrogen-bond donors (Lipinski definition) is 1. The fraction of sp³-hybridized carbons (Fsp3) is 0.440. The van der Waals surface area contributed by atoms with Crippen molar-refractivity contribution in [2.24, 2.45) is 11.8 Å². The monoisotopic (exact) mass is 422 g/mol. The van der Waals surface area contributed by atoms with Crippen LogP contribution in [0.4, 0.5) is 0 Å². The van der Waals surface area contributed by atoms with Gasteiger partial charge in [-0.3, -0.25) is 9.59 Å². The maximum absolute atomic E-state index is 13.0. The van der Waals surface area contributed by atoms with Gasteiger partial charge in [0.2, 0.25) is 11.8 Å². The Hall–Kier alpha value is -3.02. The smallest absolute Gasteiger partial charge is 0.225 e. The lowest BCUT2D eigenvalue weighted by Gasteiger charge is -2.21. The zero-order valence-electron chi connectivity index (χ0n) is 18.2. The first-order valence-corrected chi connectivity index (χ1v) is 10.9. The fourth-order valence-electron chi connectivity index (χ4n) is 4.30. The van der Waals surface area contributed by atoms with Gasteiger partial charge < -0.3 is 19.7 Å². The summed E-state index contributed by atoms with van der Waals surface area (Å²) in [6, 6.07) is 16.0. The number of nitrogens with zero attached hydrogens (tertiary/aromatic N) is 1. The second-order valence-corrected chi connectivity index (χ2v) is 8.41. The highest BCUT2D eigenvalue weighted by molar-refractivity contribution is 5.89. The number of benzene rings is 2. The van der Waals surface area contributed by atoms with Gasteiger partial charge >= 0.3 is 0 Å². The number of hydrogen-bond acceptors (Lipinski definition) is 4. The third-order valence-electron chi connectivity index (χ3n) is 6.25. The molecule has 164 valence electrons. The summed E-state index contributed by atoms with van der Waals surface area (Å²) in [5.74, 6) is 1.61. The van der Waals surface area contributed by atoms with Gasteiger partial charge in [-0.05, 0) is 48.4 Å². The van der Waals surface area contributed by atoms with Crippen LogP contribution in [0.1, 0.15) is 36.4 Å². The van der Waals surface area contributed by atoms with Crippen LogP contribution in [0.15, 0.2) is 48.5 Å². The fourth-order valence-corrected chi connectivity index (χ4v) is 4.30. The van der Waals surface area contributed by atoms with Crippen molar-refractivity contribution in [2.45, 2.75) is 31.7 Å². The van der Waals surface area contributed by atoms with E-state index in [2.05, 4.69) is 17.4 Å². The van der Waals surface area contributed by atoms with Crippen LogP contribution in [0.2, 0.25) is 0 Å². The van der Waals surface area contributed by atoms with Crippen molar-refractivity contribution in [3.63, 3.8) is 0 Å². The van der Waals surface area contributed by atoms with E-state index in [1.54, 1.807) is 19.1 Å². The van der Waals surface area contributed by atoms with E-state index in [1.165, 1.54) is 0 Å². The van der Waals surface area contributed by atoms with Gasteiger partial charge in [0.1, 0.15) is 0 Å². The summed E-state index contributed by atoms with van der Waals surface area (Å²) in [5.41, 5.74) is 2.21. The van der Waals surface area contributed by atoms with Gasteiger partial charge in [0.25, 0.3) is 0 Å². The maximum Gasteiger partial charge on any atom is 0.225 e. The highest BCUT2D eigenvalue weighted by Crippen LogP contribution is 2.41. The van der Waals surface area contributed by atoms with E-state index in [0.717, 1.165) is 24.0 Å². The number of carbonyl (C=O) groups is 2. The molecule has 0 unspecified atom stereocenters. The van der Waals surface area contributed by atoms with Gasteiger partial charge in [-0.25, -0.2) is 0 Å². The van der Waals surface area contributed by atoms with Crippen LogP contribution in [0, 0.1) is 11.8 Å². The van der Waals surface area contributed by atoms with Crippen molar-refractivity contribution in [1.29, 1.82) is 0 Å². The Kier molecular flexibility index (Phi) is 6.44. The van der Waals surface area contributed by atoms with Crippen LogP contribution in [-0.4, -0.2) is 44.0 Å². The minimum atomic E-state index is -0.289. The number of rotatable bonds is 9. The lowest BCUT2D eigenvalue weighted by molar-refractivity contribution is -0.129. The molecule has 0 radical (unpaired) electrons. The number of carbonyl (C=O) groups excluding carboxylic acids is 2. The van der Waals surface area contributed by atoms with E-state index in [9.17, 15) is 9.59 Å². The van der Waals surface area contributed by atoms with Crippen molar-refractivity contribution in [3.05, 3.63) is 59.7 Å². The molecule has 1 aliphatic carbocycles. The first-order chi connectivity index (χ1) is 15.1. The van der Waals surface area contributed by atoms with Crippen molar-refractivity contribution < 1.29 is 19.1 Å². The molecule has 31 heavy (non-hydrogen) atoms. The molecular weight excluding hydrogens is 392 g/mol. The minimum Gasteiger partial charge on any atom is -0.493 e. The molecular formula is C25H30N2O4. The van der Waals surface area contributed by atoms with Crippen LogP contribution in [0.3, 0.4) is 0 Å². The largest absolute Gasteiger partial charge is 0.493 e. The van der Waals surface area contributed by atoms with E-state index in [-0.39, 0.29) is 30.2 Å². The zero-order valence-corrected chi connectivity index (χ0v) is 18.2. The molecule has 4 rings (SSSR count). The van der Waals surface area contributed by atoms with Gasteiger partial charge in [0, 0.05) is 19.5 Å². The lowest BCUT2D eigenvalue weighted by Crippen LogP contribution is -2.36. The van der Waals surface area contributed by atoms with Gasteiger partial charge in [0.15, 0.2) is 11.5 Å². The molecule has 0 spiro atoms. The van der Waals surface area contributed by atoms with E-state index >= 15 is 0 Å². The standard InChI is InChI=1S/C25H30N2O4/c1-30-21-11-8-17(14-22(21)31-2)12-13-27-16-20(15-23(27)28)25(29)26-24(19-9-10-19)18-6-4-3-5-7-18/h3-8,11,14,19-20,24H,9-10,12-13,15-16H2,1-2H3,(H,26,29)/t20-,24+/m1/s1. The number of methoxy groups -OCH3 is 2. The van der Waals surface area contributed by atoms with Crippen LogP contribution in [-0.2, 0) is 16.0 Å². The molecule has 2 fully saturated rings. The van der Waals surface area contributed by atoms with Crippen molar-refractivity contribution >= 4 is 11.8 Å². The average Bonchev–Trinajstić information content (AvgIpc) is 3.58. The van der Waals surface area contributed by atoms with Crippen LogP contribution in [0.5, 0.6) is 11.5 Å². The third-order valence-corrected chi connectivity index (χ3v) is 6.25. The topological polar surface area (TPSA) is 67.9 Å². The second-order valence-electron chi connectivity index (χ2n) is 8.41. The van der Waals surface area contributed by atoms with Crippen molar-refractivity contribution in [3.8, 4) is 11.5 Å². The molecule has 2 aromatic carbocycles. The van der Waals surface area contributed by atoms with Gasteiger partial charge in [-0.1, -0.05) is 36.4 Å². The van der Waals surface area contributed by atoms with Crippen LogP contribution >= 0.6 is 0 Å². The highest BCUT2D eigenvalue weighted by Gasteiger charge is 2.38. The third kappa shape index (κ3) is 5.01. The molecule has 1 saturated heterocycles. The predicted molar refractivity (Wildman–Crippen MR) is 118 cm³/mol. The Balaban J connectivity index is 1.34. The Bertz CT molecular complexity index is 926. The quantitative estimate of drug-likeness (QED) is 0.673. The van der Waals surface area contributed by atoms with Crippen LogP contribution in [0.25, 0.3) is 0 Å². The summed E-state index contributed by atoms with van der Waals surface area (Å²) < 4.78 is 10.6. The van der Waals surface area contributed by atoms with Crippen molar-refractivity contribution in [2.75, 3.05) is 27.3 Å². The summed E-state index contributed by atoms with van der Waals surface area (Å²) in [5, 5.41) is 3.23. The highest BCUT2D eigenvalue weighted by atomic mass is 16.5. The Morgan fingerprint density at radius 1 is 1.10 bits per heavy atom. The van der Waals surface area contributed by atoms with E-state index < -0.39 is 0 Å². The van der Waals surface area contributed by atoms with Gasteiger partial charge in [0.05, 0.1) is 26.2 Å². The number of ether oxygens (including phenoxy) is 2. The second kappa shape index (κ2) is 9.41. The Labute approximate surface area is 183 Å². The summed E-state index contributed by atoms with van der Waals surface area (Å²) in [6.45, 7) is 1.06. The summed E-state index contributed by atoms with van der Waals surface area (Å²) >= 11 is 0. The first-order valence-electron chi connectivity index (χ1n) is 10.9. The average molecular weight is 423 g/mol. The molecule has 2 amide bonds. The molecule has 1 saturated carbocycles. The summed E-state index contributed by atoms with van der Waals surface area (Å²) in [4.78, 5) is 27.3. The first kappa shape index (κ1) is 21.2. The lowest BCUT2D eigenvalue weighted by atomic mass is 10.0. The Morgan fingerprint density at radius 3 is 2.52 bits per heavy atom. The van der Waals surface area contributed by atoms with Gasteiger partial charge in [-0.2, -0.15) is 0 Å². The van der Waals surface area contributed by atoms with Gasteiger partial charge in [-0.15, -0.1) is 0 Å². The number of likely N-dealkylation sites (tertiary alicyclic amines) is 1. The number of nitrogens with one attached hydrogen (secondary N) is 1. The van der Waals surface area contributed by atoms with E-state index in [0.29, 0.717) is 36.9 Å². The SMILES string of the molecule is COc1ccc(CCN2C[C@H](C(=O)N[C@@H](c3ccccc3)C3CC3)CC2=O)cc1OC. The van der Waals surface area contributed by atoms with Crippen molar-refractivity contribution in [1.82, 2.24) is 10.2 Å². The van der Waals surface area contributed by atoms with E-state index in [4.69, 9.17) is 9.47 Å². The summed E-state index contributed by atoms with van der Waals surface area (Å²) in [7, 11) is 3.22. The minimum absolute atomic E-state index is 0.0114. The molecule has 0 bridgehead atoms. The molecule has 2 atom stereocenters.